The zero-order valence-electron chi connectivity index (χ0n) is 10.7. The van der Waals surface area contributed by atoms with Gasteiger partial charge in [-0.05, 0) is 12.8 Å². The first-order valence-corrected chi connectivity index (χ1v) is 7.67. The number of hydrogen-bond donors (Lipinski definition) is 1. The molecule has 1 rings (SSSR count). The van der Waals surface area contributed by atoms with Crippen LogP contribution in [-0.4, -0.2) is 64.5 Å². The molecule has 18 heavy (non-hydrogen) atoms. The Morgan fingerprint density at radius 2 is 2.28 bits per heavy atom. The van der Waals surface area contributed by atoms with Gasteiger partial charge >= 0.3 is 6.09 Å². The molecule has 1 unspecified atom stereocenters. The fraction of sp³-hybridized carbons (Fsp3) is 0.900. The maximum Gasteiger partial charge on any atom is 0.406 e. The van der Waals surface area contributed by atoms with E-state index in [1.807, 2.05) is 0 Å². The van der Waals surface area contributed by atoms with E-state index in [1.54, 1.807) is 0 Å². The van der Waals surface area contributed by atoms with Crippen molar-refractivity contribution in [2.75, 3.05) is 39.6 Å². The number of rotatable bonds is 6. The van der Waals surface area contributed by atoms with Gasteiger partial charge in [-0.3, -0.25) is 0 Å². The Hall–Kier alpha value is -0.860. The number of nitrogens with one attached hydrogen (secondary N) is 1. The normalized spacial score (nSPS) is 20.1. The molecule has 7 nitrogen and oxygen atoms in total. The zero-order valence-corrected chi connectivity index (χ0v) is 11.5. The van der Waals surface area contributed by atoms with Gasteiger partial charge in [-0.1, -0.05) is 0 Å². The predicted octanol–water partition coefficient (Wildman–Crippen LogP) is -0.217. The third-order valence-electron chi connectivity index (χ3n) is 2.72. The molecule has 1 amide bonds. The fourth-order valence-electron chi connectivity index (χ4n) is 1.76. The number of ether oxygens (including phenoxy) is 2. The summed E-state index contributed by atoms with van der Waals surface area (Å²) in [5.74, 6) is 0. The van der Waals surface area contributed by atoms with E-state index in [4.69, 9.17) is 4.74 Å². The lowest BCUT2D eigenvalue weighted by molar-refractivity contribution is 0.0939. The van der Waals surface area contributed by atoms with Crippen LogP contribution in [0.2, 0.25) is 0 Å². The number of nitrogens with zero attached hydrogens (tertiary/aromatic N) is 1. The molecule has 0 spiro atoms. The summed E-state index contributed by atoms with van der Waals surface area (Å²) in [6.45, 7) is 1.45. The molecule has 0 radical (unpaired) electrons. The van der Waals surface area contributed by atoms with Gasteiger partial charge in [-0.2, -0.15) is 4.31 Å². The first-order chi connectivity index (χ1) is 8.43. The van der Waals surface area contributed by atoms with Crippen LogP contribution >= 0.6 is 0 Å². The van der Waals surface area contributed by atoms with Gasteiger partial charge < -0.3 is 14.8 Å². The molecule has 106 valence electrons. The average molecular weight is 280 g/mol. The Morgan fingerprint density at radius 1 is 1.56 bits per heavy atom. The molecule has 0 aromatic carbocycles. The summed E-state index contributed by atoms with van der Waals surface area (Å²) in [6.07, 6.45) is 2.37. The van der Waals surface area contributed by atoms with Gasteiger partial charge in [0.2, 0.25) is 10.0 Å². The van der Waals surface area contributed by atoms with Gasteiger partial charge in [-0.15, -0.1) is 0 Å². The zero-order chi connectivity index (χ0) is 13.6. The van der Waals surface area contributed by atoms with Crippen molar-refractivity contribution in [1.82, 2.24) is 9.62 Å². The van der Waals surface area contributed by atoms with E-state index in [0.29, 0.717) is 13.2 Å². The van der Waals surface area contributed by atoms with Gasteiger partial charge in [0.15, 0.2) is 0 Å². The molecule has 1 saturated heterocycles. The van der Waals surface area contributed by atoms with Crippen molar-refractivity contribution in [2.45, 2.75) is 18.9 Å². The molecule has 0 bridgehead atoms. The van der Waals surface area contributed by atoms with Crippen LogP contribution in [-0.2, 0) is 19.5 Å². The highest BCUT2D eigenvalue weighted by Crippen LogP contribution is 2.14. The second-order valence-corrected chi connectivity index (χ2v) is 6.16. The molecule has 8 heteroatoms. The molecule has 0 aromatic rings. The topological polar surface area (TPSA) is 84.9 Å². The summed E-state index contributed by atoms with van der Waals surface area (Å²) >= 11 is 0. The van der Waals surface area contributed by atoms with Gasteiger partial charge in [-0.25, -0.2) is 13.2 Å². The third kappa shape index (κ3) is 5.19. The Labute approximate surface area is 107 Å². The lowest BCUT2D eigenvalue weighted by Crippen LogP contribution is -2.41. The van der Waals surface area contributed by atoms with Crippen molar-refractivity contribution in [1.29, 1.82) is 0 Å². The van der Waals surface area contributed by atoms with E-state index in [0.717, 1.165) is 19.1 Å². The van der Waals surface area contributed by atoms with Gasteiger partial charge in [0.25, 0.3) is 0 Å². The summed E-state index contributed by atoms with van der Waals surface area (Å²) in [5, 5.41) is 2.45. The number of sulfonamides is 1. The second-order valence-electron chi connectivity index (χ2n) is 4.17. The molecule has 1 aliphatic rings. The van der Waals surface area contributed by atoms with Crippen molar-refractivity contribution < 1.29 is 22.7 Å². The molecule has 1 atom stereocenters. The molecule has 0 saturated carbocycles. The second kappa shape index (κ2) is 6.91. The van der Waals surface area contributed by atoms with E-state index >= 15 is 0 Å². The summed E-state index contributed by atoms with van der Waals surface area (Å²) in [4.78, 5) is 10.9. The number of amides is 1. The number of methoxy groups -OCH3 is 1. The van der Waals surface area contributed by atoms with E-state index in [1.165, 1.54) is 11.4 Å². The minimum absolute atomic E-state index is 0.0437. The lowest BCUT2D eigenvalue weighted by atomic mass is 10.2. The summed E-state index contributed by atoms with van der Waals surface area (Å²) in [5.41, 5.74) is 0. The van der Waals surface area contributed by atoms with Crippen LogP contribution in [0.3, 0.4) is 0 Å². The smallest absolute Gasteiger partial charge is 0.406 e. The van der Waals surface area contributed by atoms with Crippen molar-refractivity contribution in [2.24, 2.45) is 0 Å². The van der Waals surface area contributed by atoms with E-state index < -0.39 is 16.1 Å². The monoisotopic (exact) mass is 280 g/mol. The highest BCUT2D eigenvalue weighted by atomic mass is 32.2. The van der Waals surface area contributed by atoms with Crippen LogP contribution in [0.1, 0.15) is 12.8 Å². The van der Waals surface area contributed by atoms with Gasteiger partial charge in [0.05, 0.1) is 19.5 Å². The maximum atomic E-state index is 11.6. The largest absolute Gasteiger partial charge is 0.453 e. The van der Waals surface area contributed by atoms with Crippen molar-refractivity contribution >= 4 is 16.1 Å². The van der Waals surface area contributed by atoms with Gasteiger partial charge in [0.1, 0.15) is 0 Å². The maximum absolute atomic E-state index is 11.6. The summed E-state index contributed by atoms with van der Waals surface area (Å²) in [6, 6.07) is 0. The number of alkyl carbamates (subject to hydrolysis) is 1. The fourth-order valence-corrected chi connectivity index (χ4v) is 2.62. The summed E-state index contributed by atoms with van der Waals surface area (Å²) in [7, 11) is -2.04. The van der Waals surface area contributed by atoms with E-state index in [-0.39, 0.29) is 19.2 Å². The van der Waals surface area contributed by atoms with Crippen LogP contribution < -0.4 is 5.32 Å². The number of hydrogen-bond acceptors (Lipinski definition) is 5. The van der Waals surface area contributed by atoms with E-state index in [2.05, 4.69) is 10.1 Å². The van der Waals surface area contributed by atoms with Gasteiger partial charge in [0, 0.05) is 26.2 Å². The van der Waals surface area contributed by atoms with Crippen molar-refractivity contribution in [3.63, 3.8) is 0 Å². The molecular weight excluding hydrogens is 260 g/mol. The molecule has 1 N–H and O–H groups in total. The Bertz CT molecular complexity index is 364. The Balaban J connectivity index is 2.43. The standard InChI is InChI=1S/C10H20N2O5S/c1-16-10(13)11-5-6-12(18(2,14)15)8-9-4-3-7-17-9/h9H,3-8H2,1-2H3,(H,11,13). The van der Waals surface area contributed by atoms with Crippen LogP contribution in [0.25, 0.3) is 0 Å². The predicted molar refractivity (Wildman–Crippen MR) is 65.8 cm³/mol. The lowest BCUT2D eigenvalue weighted by Gasteiger charge is -2.22. The first-order valence-electron chi connectivity index (χ1n) is 5.82. The molecule has 1 fully saturated rings. The minimum atomic E-state index is -3.30. The van der Waals surface area contributed by atoms with Crippen LogP contribution in [0.5, 0.6) is 0 Å². The quantitative estimate of drug-likeness (QED) is 0.727. The minimum Gasteiger partial charge on any atom is -0.453 e. The third-order valence-corrected chi connectivity index (χ3v) is 3.99. The van der Waals surface area contributed by atoms with Crippen molar-refractivity contribution in [3.8, 4) is 0 Å². The van der Waals surface area contributed by atoms with E-state index in [9.17, 15) is 13.2 Å². The van der Waals surface area contributed by atoms with Crippen LogP contribution in [0.15, 0.2) is 0 Å². The first kappa shape index (κ1) is 15.2. The Kier molecular flexibility index (Phi) is 5.83. The SMILES string of the molecule is COC(=O)NCCN(CC1CCCO1)S(C)(=O)=O. The molecule has 1 aliphatic heterocycles. The number of carbonyl (C=O) groups excluding carboxylic acids is 1. The summed E-state index contributed by atoms with van der Waals surface area (Å²) < 4.78 is 34.3. The van der Waals surface area contributed by atoms with Crippen LogP contribution in [0, 0.1) is 0 Å². The molecule has 0 aliphatic carbocycles. The highest BCUT2D eigenvalue weighted by Gasteiger charge is 2.24. The highest BCUT2D eigenvalue weighted by molar-refractivity contribution is 7.88. The Morgan fingerprint density at radius 3 is 2.78 bits per heavy atom. The molecule has 1 heterocycles. The average Bonchev–Trinajstić information content (AvgIpc) is 2.79. The van der Waals surface area contributed by atoms with Crippen molar-refractivity contribution in [3.05, 3.63) is 0 Å². The molecular formula is C10H20N2O5S. The molecule has 0 aromatic heterocycles. The van der Waals surface area contributed by atoms with Crippen LogP contribution in [0.4, 0.5) is 4.79 Å². The number of carbonyl (C=O) groups is 1.